The fourth-order valence-electron chi connectivity index (χ4n) is 2.32. The van der Waals surface area contributed by atoms with Crippen molar-refractivity contribution in [3.8, 4) is 0 Å². The molecule has 102 valence electrons. The lowest BCUT2D eigenvalue weighted by Gasteiger charge is -2.12. The molecule has 0 aliphatic carbocycles. The van der Waals surface area contributed by atoms with Crippen LogP contribution in [0, 0.1) is 0 Å². The Morgan fingerprint density at radius 3 is 2.83 bits per heavy atom. The highest BCUT2D eigenvalue weighted by atomic mass is 16.5. The zero-order valence-electron chi connectivity index (χ0n) is 11.5. The van der Waals surface area contributed by atoms with Crippen LogP contribution in [0.1, 0.15) is 63.8 Å². The van der Waals surface area contributed by atoms with E-state index in [2.05, 4.69) is 36.3 Å². The van der Waals surface area contributed by atoms with Gasteiger partial charge in [0.2, 0.25) is 11.8 Å². The van der Waals surface area contributed by atoms with Crippen LogP contribution in [0.4, 0.5) is 0 Å². The van der Waals surface area contributed by atoms with Crippen molar-refractivity contribution in [1.82, 2.24) is 15.5 Å². The fraction of sp³-hybridized carbons (Fsp3) is 0.846. The molecule has 18 heavy (non-hydrogen) atoms. The van der Waals surface area contributed by atoms with Crippen LogP contribution in [0.3, 0.4) is 0 Å². The SMILES string of the molecule is CCCNC(CC)c1nnc(C2CCOC2C)o1. The zero-order valence-corrected chi connectivity index (χ0v) is 11.5. The lowest BCUT2D eigenvalue weighted by Crippen LogP contribution is -2.21. The molecule has 2 rings (SSSR count). The standard InChI is InChI=1S/C13H23N3O2/c1-4-7-14-11(5-2)13-16-15-12(18-13)10-6-8-17-9(10)3/h9-11,14H,4-8H2,1-3H3. The quantitative estimate of drug-likeness (QED) is 0.843. The molecule has 5 heteroatoms. The van der Waals surface area contributed by atoms with Gasteiger partial charge in [-0.2, -0.15) is 0 Å². The molecular weight excluding hydrogens is 230 g/mol. The van der Waals surface area contributed by atoms with Crippen molar-refractivity contribution in [2.75, 3.05) is 13.2 Å². The number of hydrogen-bond donors (Lipinski definition) is 1. The van der Waals surface area contributed by atoms with Crippen LogP contribution >= 0.6 is 0 Å². The van der Waals surface area contributed by atoms with E-state index in [-0.39, 0.29) is 18.1 Å². The summed E-state index contributed by atoms with van der Waals surface area (Å²) in [5.41, 5.74) is 0. The average Bonchev–Trinajstić information content (AvgIpc) is 2.99. The van der Waals surface area contributed by atoms with Crippen LogP contribution in [0.15, 0.2) is 4.42 Å². The number of aromatic nitrogens is 2. The molecule has 0 radical (unpaired) electrons. The normalized spacial score (nSPS) is 25.5. The minimum atomic E-state index is 0.170. The average molecular weight is 253 g/mol. The van der Waals surface area contributed by atoms with Crippen LogP contribution < -0.4 is 5.32 Å². The molecule has 1 saturated heterocycles. The maximum absolute atomic E-state index is 5.82. The molecule has 1 fully saturated rings. The van der Waals surface area contributed by atoms with Crippen LogP contribution in [-0.4, -0.2) is 29.5 Å². The minimum Gasteiger partial charge on any atom is -0.423 e. The summed E-state index contributed by atoms with van der Waals surface area (Å²) in [6, 6.07) is 0.170. The highest BCUT2D eigenvalue weighted by Crippen LogP contribution is 2.31. The van der Waals surface area contributed by atoms with E-state index in [0.717, 1.165) is 38.3 Å². The van der Waals surface area contributed by atoms with Gasteiger partial charge in [0.1, 0.15) is 0 Å². The van der Waals surface area contributed by atoms with Gasteiger partial charge < -0.3 is 14.5 Å². The first kappa shape index (κ1) is 13.5. The first-order chi connectivity index (χ1) is 8.76. The molecule has 0 aromatic carbocycles. The number of rotatable bonds is 6. The van der Waals surface area contributed by atoms with Gasteiger partial charge in [-0.25, -0.2) is 0 Å². The van der Waals surface area contributed by atoms with Crippen molar-refractivity contribution < 1.29 is 9.15 Å². The summed E-state index contributed by atoms with van der Waals surface area (Å²) < 4.78 is 11.4. The lowest BCUT2D eigenvalue weighted by atomic mass is 10.0. The number of ether oxygens (including phenoxy) is 1. The van der Waals surface area contributed by atoms with Crippen molar-refractivity contribution in [1.29, 1.82) is 0 Å². The van der Waals surface area contributed by atoms with Gasteiger partial charge in [0, 0.05) is 6.61 Å². The van der Waals surface area contributed by atoms with E-state index >= 15 is 0 Å². The van der Waals surface area contributed by atoms with E-state index < -0.39 is 0 Å². The summed E-state index contributed by atoms with van der Waals surface area (Å²) >= 11 is 0. The van der Waals surface area contributed by atoms with Crippen LogP contribution in [0.25, 0.3) is 0 Å². The third-order valence-electron chi connectivity index (χ3n) is 3.50. The Kier molecular flexibility index (Phi) is 4.72. The molecule has 1 aliphatic rings. The molecule has 0 bridgehead atoms. The predicted molar refractivity (Wildman–Crippen MR) is 68.4 cm³/mol. The second-order valence-electron chi connectivity index (χ2n) is 4.86. The summed E-state index contributed by atoms with van der Waals surface area (Å²) in [7, 11) is 0. The van der Waals surface area contributed by atoms with Crippen molar-refractivity contribution in [2.45, 2.75) is 58.1 Å². The second kappa shape index (κ2) is 6.29. The summed E-state index contributed by atoms with van der Waals surface area (Å²) in [5.74, 6) is 1.70. The Morgan fingerprint density at radius 1 is 1.39 bits per heavy atom. The molecule has 1 N–H and O–H groups in total. The van der Waals surface area contributed by atoms with Gasteiger partial charge in [-0.15, -0.1) is 10.2 Å². The number of nitrogens with zero attached hydrogens (tertiary/aromatic N) is 2. The molecule has 1 aliphatic heterocycles. The first-order valence-electron chi connectivity index (χ1n) is 6.94. The fourth-order valence-corrected chi connectivity index (χ4v) is 2.32. The highest BCUT2D eigenvalue weighted by molar-refractivity contribution is 4.99. The lowest BCUT2D eigenvalue weighted by molar-refractivity contribution is 0.114. The van der Waals surface area contributed by atoms with Gasteiger partial charge >= 0.3 is 0 Å². The maximum atomic E-state index is 5.82. The zero-order chi connectivity index (χ0) is 13.0. The molecule has 0 spiro atoms. The molecule has 5 nitrogen and oxygen atoms in total. The Hall–Kier alpha value is -0.940. The van der Waals surface area contributed by atoms with E-state index in [4.69, 9.17) is 9.15 Å². The Balaban J connectivity index is 2.04. The van der Waals surface area contributed by atoms with Crippen molar-refractivity contribution in [3.05, 3.63) is 11.8 Å². The Bertz CT molecular complexity index is 367. The second-order valence-corrected chi connectivity index (χ2v) is 4.86. The van der Waals surface area contributed by atoms with Gasteiger partial charge in [-0.3, -0.25) is 0 Å². The van der Waals surface area contributed by atoms with Crippen molar-refractivity contribution in [2.24, 2.45) is 0 Å². The molecular formula is C13H23N3O2. The van der Waals surface area contributed by atoms with Gasteiger partial charge in [0.25, 0.3) is 0 Å². The Labute approximate surface area is 108 Å². The molecule has 0 saturated carbocycles. The summed E-state index contributed by atoms with van der Waals surface area (Å²) in [5, 5.41) is 11.8. The smallest absolute Gasteiger partial charge is 0.233 e. The van der Waals surface area contributed by atoms with Crippen LogP contribution in [0.5, 0.6) is 0 Å². The summed E-state index contributed by atoms with van der Waals surface area (Å²) in [4.78, 5) is 0. The van der Waals surface area contributed by atoms with E-state index in [1.54, 1.807) is 0 Å². The van der Waals surface area contributed by atoms with Crippen LogP contribution in [-0.2, 0) is 4.74 Å². The van der Waals surface area contributed by atoms with E-state index in [0.29, 0.717) is 5.89 Å². The molecule has 1 aromatic heterocycles. The van der Waals surface area contributed by atoms with Gasteiger partial charge in [-0.1, -0.05) is 13.8 Å². The van der Waals surface area contributed by atoms with E-state index in [9.17, 15) is 0 Å². The molecule has 3 atom stereocenters. The number of nitrogens with one attached hydrogen (secondary N) is 1. The molecule has 2 heterocycles. The van der Waals surface area contributed by atoms with E-state index in [1.807, 2.05) is 0 Å². The highest BCUT2D eigenvalue weighted by Gasteiger charge is 2.31. The number of hydrogen-bond acceptors (Lipinski definition) is 5. The first-order valence-corrected chi connectivity index (χ1v) is 6.94. The summed E-state index contributed by atoms with van der Waals surface area (Å²) in [6.07, 6.45) is 3.22. The topological polar surface area (TPSA) is 60.2 Å². The van der Waals surface area contributed by atoms with Crippen molar-refractivity contribution in [3.63, 3.8) is 0 Å². The Morgan fingerprint density at radius 2 is 2.22 bits per heavy atom. The monoisotopic (exact) mass is 253 g/mol. The van der Waals surface area contributed by atoms with Gasteiger partial charge in [-0.05, 0) is 32.7 Å². The minimum absolute atomic E-state index is 0.170. The predicted octanol–water partition coefficient (Wildman–Crippen LogP) is 2.41. The maximum Gasteiger partial charge on any atom is 0.233 e. The largest absolute Gasteiger partial charge is 0.423 e. The third-order valence-corrected chi connectivity index (χ3v) is 3.50. The van der Waals surface area contributed by atoms with Gasteiger partial charge in [0.15, 0.2) is 0 Å². The van der Waals surface area contributed by atoms with Crippen LogP contribution in [0.2, 0.25) is 0 Å². The molecule has 0 amide bonds. The molecule has 3 unspecified atom stereocenters. The van der Waals surface area contributed by atoms with Crippen molar-refractivity contribution >= 4 is 0 Å². The van der Waals surface area contributed by atoms with Gasteiger partial charge in [0.05, 0.1) is 18.1 Å². The third kappa shape index (κ3) is 2.90. The van der Waals surface area contributed by atoms with E-state index in [1.165, 1.54) is 0 Å². The molecule has 1 aromatic rings. The summed E-state index contributed by atoms with van der Waals surface area (Å²) in [6.45, 7) is 8.09.